The molecule has 1 aromatic heterocycles. The van der Waals surface area contributed by atoms with Crippen LogP contribution in [0, 0.1) is 5.92 Å². The number of aryl methyl sites for hydroxylation is 1. The summed E-state index contributed by atoms with van der Waals surface area (Å²) in [6, 6.07) is 0.283. The molecule has 7 nitrogen and oxygen atoms in total. The quantitative estimate of drug-likeness (QED) is 0.822. The zero-order chi connectivity index (χ0) is 17.1. The van der Waals surface area contributed by atoms with Gasteiger partial charge in [0, 0.05) is 31.3 Å². The lowest BCUT2D eigenvalue weighted by Crippen LogP contribution is -2.44. The predicted octanol–water partition coefficient (Wildman–Crippen LogP) is 1.67. The van der Waals surface area contributed by atoms with Gasteiger partial charge in [0.05, 0.1) is 10.8 Å². The van der Waals surface area contributed by atoms with Gasteiger partial charge in [-0.05, 0) is 49.0 Å². The first-order valence-corrected chi connectivity index (χ1v) is 10.2. The summed E-state index contributed by atoms with van der Waals surface area (Å²) in [6.45, 7) is 0. The summed E-state index contributed by atoms with van der Waals surface area (Å²) in [5, 5.41) is 11.7. The number of aromatic nitrogens is 4. The molecular weight excluding hydrogens is 326 g/mol. The molecule has 0 bridgehead atoms. The molecule has 2 aliphatic carbocycles. The summed E-state index contributed by atoms with van der Waals surface area (Å²) < 4.78 is 14.1. The molecule has 2 fully saturated rings. The van der Waals surface area contributed by atoms with Crippen molar-refractivity contribution in [3.63, 3.8) is 0 Å². The van der Waals surface area contributed by atoms with Gasteiger partial charge in [0.25, 0.3) is 0 Å². The Kier molecular flexibility index (Phi) is 5.63. The van der Waals surface area contributed by atoms with Crippen LogP contribution in [-0.4, -0.2) is 53.6 Å². The van der Waals surface area contributed by atoms with E-state index in [0.717, 1.165) is 38.5 Å². The van der Waals surface area contributed by atoms with Crippen LogP contribution in [0.1, 0.15) is 57.8 Å². The molecule has 0 saturated heterocycles. The third-order valence-corrected chi connectivity index (χ3v) is 7.34. The van der Waals surface area contributed by atoms with E-state index in [4.69, 9.17) is 0 Å². The maximum atomic E-state index is 12.7. The van der Waals surface area contributed by atoms with Gasteiger partial charge in [0.15, 0.2) is 0 Å². The van der Waals surface area contributed by atoms with Gasteiger partial charge in [0.1, 0.15) is 0 Å². The van der Waals surface area contributed by atoms with Gasteiger partial charge in [-0.1, -0.05) is 24.4 Å². The van der Waals surface area contributed by atoms with E-state index in [9.17, 15) is 9.00 Å². The number of carbonyl (C=O) groups excluding carboxylic acids is 1. The van der Waals surface area contributed by atoms with Crippen molar-refractivity contribution in [1.29, 1.82) is 0 Å². The lowest BCUT2D eigenvalue weighted by molar-refractivity contribution is -0.137. The van der Waals surface area contributed by atoms with Crippen molar-refractivity contribution < 1.29 is 9.00 Å². The molecule has 0 spiro atoms. The van der Waals surface area contributed by atoms with E-state index in [0.29, 0.717) is 11.1 Å². The van der Waals surface area contributed by atoms with Crippen LogP contribution in [0.2, 0.25) is 0 Å². The van der Waals surface area contributed by atoms with Gasteiger partial charge in [-0.25, -0.2) is 4.68 Å². The monoisotopic (exact) mass is 353 g/mol. The maximum absolute atomic E-state index is 12.7. The Balaban J connectivity index is 1.53. The Hall–Kier alpha value is -1.31. The molecule has 0 unspecified atom stereocenters. The highest BCUT2D eigenvalue weighted by atomic mass is 32.2. The fourth-order valence-electron chi connectivity index (χ4n) is 4.00. The third-order valence-electron chi connectivity index (χ3n) is 5.56. The van der Waals surface area contributed by atoms with Crippen molar-refractivity contribution >= 4 is 16.7 Å². The summed E-state index contributed by atoms with van der Waals surface area (Å²) >= 11 is 0. The number of tetrazole rings is 1. The molecule has 0 aromatic carbocycles. The van der Waals surface area contributed by atoms with E-state index in [1.165, 1.54) is 23.9 Å². The number of hydrogen-bond acceptors (Lipinski definition) is 5. The van der Waals surface area contributed by atoms with Gasteiger partial charge in [-0.3, -0.25) is 9.00 Å². The van der Waals surface area contributed by atoms with Crippen molar-refractivity contribution in [3.05, 3.63) is 0 Å². The van der Waals surface area contributed by atoms with Gasteiger partial charge in [0.2, 0.25) is 11.1 Å². The Labute approximate surface area is 145 Å². The van der Waals surface area contributed by atoms with Gasteiger partial charge >= 0.3 is 0 Å². The predicted molar refractivity (Wildman–Crippen MR) is 90.6 cm³/mol. The van der Waals surface area contributed by atoms with E-state index < -0.39 is 10.8 Å². The highest BCUT2D eigenvalue weighted by Crippen LogP contribution is 2.30. The summed E-state index contributed by atoms with van der Waals surface area (Å²) in [7, 11) is 2.50. The molecule has 2 aliphatic rings. The molecule has 1 heterocycles. The van der Waals surface area contributed by atoms with Crippen LogP contribution in [0.3, 0.4) is 0 Å². The van der Waals surface area contributed by atoms with E-state index in [1.807, 2.05) is 11.9 Å². The van der Waals surface area contributed by atoms with Gasteiger partial charge in [-0.15, -0.1) is 0 Å². The molecule has 8 heteroatoms. The molecule has 3 rings (SSSR count). The number of hydrogen-bond donors (Lipinski definition) is 0. The Morgan fingerprint density at radius 3 is 2.38 bits per heavy atom. The summed E-state index contributed by atoms with van der Waals surface area (Å²) in [6.07, 6.45) is 9.25. The van der Waals surface area contributed by atoms with E-state index in [2.05, 4.69) is 15.5 Å². The smallest absolute Gasteiger partial charge is 0.239 e. The van der Waals surface area contributed by atoms with Crippen molar-refractivity contribution in [2.45, 2.75) is 74.2 Å². The SMILES string of the molecule is CN(C(=O)C1CCCCC1)C1CCC([S@@](=O)c2nnnn2C)CC1. The van der Waals surface area contributed by atoms with Crippen LogP contribution >= 0.6 is 0 Å². The largest absolute Gasteiger partial charge is 0.343 e. The van der Waals surface area contributed by atoms with Crippen LogP contribution in [-0.2, 0) is 22.6 Å². The number of carbonyl (C=O) groups is 1. The minimum Gasteiger partial charge on any atom is -0.343 e. The minimum atomic E-state index is -1.17. The zero-order valence-electron chi connectivity index (χ0n) is 14.6. The van der Waals surface area contributed by atoms with Crippen molar-refractivity contribution in [1.82, 2.24) is 25.1 Å². The second-order valence-corrected chi connectivity index (χ2v) is 8.72. The molecule has 1 amide bonds. The fourth-order valence-corrected chi connectivity index (χ4v) is 5.42. The minimum absolute atomic E-state index is 0.0872. The molecule has 0 aliphatic heterocycles. The lowest BCUT2D eigenvalue weighted by Gasteiger charge is -2.36. The topological polar surface area (TPSA) is 81.0 Å². The number of nitrogens with zero attached hydrogens (tertiary/aromatic N) is 5. The molecule has 24 heavy (non-hydrogen) atoms. The average Bonchev–Trinajstić information content (AvgIpc) is 3.06. The second-order valence-electron chi connectivity index (χ2n) is 7.10. The highest BCUT2D eigenvalue weighted by molar-refractivity contribution is 7.85. The van der Waals surface area contributed by atoms with E-state index in [1.54, 1.807) is 7.05 Å². The second kappa shape index (κ2) is 7.72. The first-order chi connectivity index (χ1) is 11.6. The van der Waals surface area contributed by atoms with Crippen LogP contribution in [0.25, 0.3) is 0 Å². The molecule has 134 valence electrons. The summed E-state index contributed by atoms with van der Waals surface area (Å²) in [5.74, 6) is 0.539. The molecule has 0 radical (unpaired) electrons. The van der Waals surface area contributed by atoms with Crippen molar-refractivity contribution in [3.8, 4) is 0 Å². The van der Waals surface area contributed by atoms with Crippen LogP contribution in [0.5, 0.6) is 0 Å². The molecule has 1 atom stereocenters. The van der Waals surface area contributed by atoms with Crippen LogP contribution < -0.4 is 0 Å². The van der Waals surface area contributed by atoms with Crippen LogP contribution in [0.4, 0.5) is 0 Å². The maximum Gasteiger partial charge on any atom is 0.239 e. The zero-order valence-corrected chi connectivity index (χ0v) is 15.4. The van der Waals surface area contributed by atoms with Crippen molar-refractivity contribution in [2.24, 2.45) is 13.0 Å². The standard InChI is InChI=1S/C16H27N5O2S/c1-20(15(22)12-6-4-3-5-7-12)13-8-10-14(11-9-13)24(23)16-17-18-19-21(16)2/h12-14H,3-11H2,1-2H3/t13?,14?,24-/m1/s1. The van der Waals surface area contributed by atoms with E-state index >= 15 is 0 Å². The Morgan fingerprint density at radius 1 is 1.12 bits per heavy atom. The van der Waals surface area contributed by atoms with Gasteiger partial charge in [-0.2, -0.15) is 0 Å². The van der Waals surface area contributed by atoms with Crippen molar-refractivity contribution in [2.75, 3.05) is 7.05 Å². The average molecular weight is 353 g/mol. The number of rotatable bonds is 4. The summed E-state index contributed by atoms with van der Waals surface area (Å²) in [5.41, 5.74) is 0. The third kappa shape index (κ3) is 3.68. The normalized spacial score (nSPS) is 26.9. The molecular formula is C16H27N5O2S. The number of amides is 1. The first-order valence-electron chi connectivity index (χ1n) is 8.97. The molecule has 1 aromatic rings. The molecule has 2 saturated carbocycles. The fraction of sp³-hybridized carbons (Fsp3) is 0.875. The summed E-state index contributed by atoms with van der Waals surface area (Å²) in [4.78, 5) is 14.7. The Bertz CT molecular complexity index is 591. The molecule has 0 N–H and O–H groups in total. The highest BCUT2D eigenvalue weighted by Gasteiger charge is 2.33. The lowest BCUT2D eigenvalue weighted by atomic mass is 9.87. The first kappa shape index (κ1) is 17.5. The Morgan fingerprint density at radius 2 is 1.79 bits per heavy atom. The van der Waals surface area contributed by atoms with Gasteiger partial charge < -0.3 is 4.90 Å². The van der Waals surface area contributed by atoms with Crippen LogP contribution in [0.15, 0.2) is 5.16 Å². The van der Waals surface area contributed by atoms with E-state index in [-0.39, 0.29) is 17.2 Å².